The summed E-state index contributed by atoms with van der Waals surface area (Å²) in [6.07, 6.45) is -0.139. The summed E-state index contributed by atoms with van der Waals surface area (Å²) in [7, 11) is 1.98. The lowest BCUT2D eigenvalue weighted by Gasteiger charge is -2.37. The van der Waals surface area contributed by atoms with Crippen LogP contribution in [0.15, 0.2) is 59.9 Å². The minimum atomic E-state index is -5.04. The van der Waals surface area contributed by atoms with Crippen molar-refractivity contribution in [2.75, 3.05) is 45.2 Å². The molecular formula is C32H30F4N6O5. The second-order valence-corrected chi connectivity index (χ2v) is 11.5. The third-order valence-electron chi connectivity index (χ3n) is 8.38. The van der Waals surface area contributed by atoms with Crippen molar-refractivity contribution in [3.8, 4) is 22.6 Å². The highest BCUT2D eigenvalue weighted by molar-refractivity contribution is 6.01. The van der Waals surface area contributed by atoms with Crippen LogP contribution in [0.1, 0.15) is 30.1 Å². The van der Waals surface area contributed by atoms with Crippen molar-refractivity contribution >= 4 is 28.5 Å². The first kappa shape index (κ1) is 32.1. The van der Waals surface area contributed by atoms with Crippen molar-refractivity contribution in [1.29, 1.82) is 0 Å². The molecule has 0 atom stereocenters. The van der Waals surface area contributed by atoms with Crippen LogP contribution in [0, 0.1) is 5.82 Å². The molecule has 1 amide bonds. The number of pyridine rings is 1. The number of rotatable bonds is 8. The van der Waals surface area contributed by atoms with Gasteiger partial charge in [0.1, 0.15) is 17.7 Å². The normalized spacial score (nSPS) is 16.6. The van der Waals surface area contributed by atoms with E-state index < -0.39 is 40.9 Å². The lowest BCUT2D eigenvalue weighted by Crippen LogP contribution is -2.54. The molecule has 47 heavy (non-hydrogen) atoms. The molecule has 4 aromatic rings. The average molecular weight is 655 g/mol. The van der Waals surface area contributed by atoms with E-state index in [0.717, 1.165) is 36.1 Å². The zero-order valence-electron chi connectivity index (χ0n) is 25.4. The molecule has 246 valence electrons. The van der Waals surface area contributed by atoms with Crippen molar-refractivity contribution in [2.24, 2.45) is 0 Å². The number of hydrogen-bond acceptors (Lipinski definition) is 9. The molecular weight excluding hydrogens is 624 g/mol. The molecule has 0 unspecified atom stereocenters. The van der Waals surface area contributed by atoms with Crippen LogP contribution in [0.2, 0.25) is 0 Å². The number of nitrogens with one attached hydrogen (secondary N) is 1. The van der Waals surface area contributed by atoms with Crippen LogP contribution in [-0.2, 0) is 9.53 Å². The molecule has 2 aromatic carbocycles. The van der Waals surface area contributed by atoms with Crippen molar-refractivity contribution in [1.82, 2.24) is 24.3 Å². The van der Waals surface area contributed by atoms with Crippen molar-refractivity contribution in [3.05, 3.63) is 76.9 Å². The molecule has 0 bridgehead atoms. The fraction of sp³-hybridized carbons (Fsp3) is 0.344. The molecule has 0 spiro atoms. The molecule has 0 radical (unpaired) electrons. The first-order valence-corrected chi connectivity index (χ1v) is 14.9. The highest BCUT2D eigenvalue weighted by atomic mass is 19.4. The van der Waals surface area contributed by atoms with E-state index >= 15 is 4.39 Å². The summed E-state index contributed by atoms with van der Waals surface area (Å²) in [6, 6.07) is 7.12. The SMILES string of the molecule is CCOC(=O)c1cncc(-c2cc3ncn(-c4ccc(OC(F)(F)F)c(NC(=O)C5(N6CCN(C)CC6)CC5)c4)c(=O)c3cc2F)c1. The third kappa shape index (κ3) is 6.53. The van der Waals surface area contributed by atoms with E-state index in [0.29, 0.717) is 25.9 Å². The molecule has 1 aliphatic heterocycles. The molecule has 11 nitrogen and oxygen atoms in total. The maximum Gasteiger partial charge on any atom is 0.573 e. The first-order valence-electron chi connectivity index (χ1n) is 14.9. The summed E-state index contributed by atoms with van der Waals surface area (Å²) in [5.41, 5.74) is -1.24. The summed E-state index contributed by atoms with van der Waals surface area (Å²) in [4.78, 5) is 51.7. The number of amides is 1. The molecule has 2 fully saturated rings. The van der Waals surface area contributed by atoms with Gasteiger partial charge >= 0.3 is 12.3 Å². The number of ether oxygens (including phenoxy) is 2. The minimum Gasteiger partial charge on any atom is -0.462 e. The van der Waals surface area contributed by atoms with Crippen LogP contribution < -0.4 is 15.6 Å². The van der Waals surface area contributed by atoms with Gasteiger partial charge in [-0.05, 0) is 63.2 Å². The van der Waals surface area contributed by atoms with Gasteiger partial charge < -0.3 is 19.7 Å². The van der Waals surface area contributed by atoms with Crippen LogP contribution in [-0.4, -0.2) is 87.9 Å². The molecule has 1 saturated heterocycles. The quantitative estimate of drug-likeness (QED) is 0.218. The fourth-order valence-corrected chi connectivity index (χ4v) is 5.72. The van der Waals surface area contributed by atoms with E-state index in [1.807, 2.05) is 11.9 Å². The van der Waals surface area contributed by atoms with Gasteiger partial charge in [-0.3, -0.25) is 24.0 Å². The van der Waals surface area contributed by atoms with E-state index in [9.17, 15) is 27.6 Å². The van der Waals surface area contributed by atoms with Crippen molar-refractivity contribution < 1.29 is 36.6 Å². The monoisotopic (exact) mass is 654 g/mol. The van der Waals surface area contributed by atoms with Crippen LogP contribution in [0.5, 0.6) is 5.75 Å². The van der Waals surface area contributed by atoms with Gasteiger partial charge in [0.15, 0.2) is 5.75 Å². The maximum absolute atomic E-state index is 15.4. The Balaban J connectivity index is 1.34. The zero-order chi connectivity index (χ0) is 33.5. The van der Waals surface area contributed by atoms with E-state index in [2.05, 4.69) is 24.9 Å². The predicted octanol–water partition coefficient (Wildman–Crippen LogP) is 4.38. The molecule has 1 N–H and O–H groups in total. The minimum absolute atomic E-state index is 0.0359. The van der Waals surface area contributed by atoms with E-state index in [4.69, 9.17) is 4.74 Å². The number of piperazine rings is 1. The van der Waals surface area contributed by atoms with Gasteiger partial charge in [0, 0.05) is 49.7 Å². The Morgan fingerprint density at radius 1 is 1.04 bits per heavy atom. The number of anilines is 1. The van der Waals surface area contributed by atoms with Gasteiger partial charge in [-0.25, -0.2) is 14.2 Å². The first-order chi connectivity index (χ1) is 22.4. The molecule has 15 heteroatoms. The molecule has 1 saturated carbocycles. The molecule has 3 heterocycles. The number of carbonyl (C=O) groups excluding carboxylic acids is 2. The highest BCUT2D eigenvalue weighted by Gasteiger charge is 2.55. The van der Waals surface area contributed by atoms with Crippen molar-refractivity contribution in [2.45, 2.75) is 31.7 Å². The number of carbonyl (C=O) groups is 2. The number of fused-ring (bicyclic) bond motifs is 1. The summed E-state index contributed by atoms with van der Waals surface area (Å²) < 4.78 is 65.6. The predicted molar refractivity (Wildman–Crippen MR) is 163 cm³/mol. The number of likely N-dealkylation sites (N-methyl/N-ethyl adjacent to an activating group) is 1. The van der Waals surface area contributed by atoms with Gasteiger partial charge in [-0.2, -0.15) is 0 Å². The van der Waals surface area contributed by atoms with Gasteiger partial charge in [0.2, 0.25) is 5.91 Å². The number of halogens is 4. The number of hydrogen-bond donors (Lipinski definition) is 1. The standard InChI is InChI=1S/C32H30F4N6O5/c1-3-46-29(44)20-12-19(16-37-17-20)22-15-25-23(14-24(22)33)28(43)42(18-38-25)21-4-5-27(47-32(34,35)36)26(13-21)39-30(45)31(6-7-31)41-10-8-40(2)9-11-41/h4-5,12-18H,3,6-11H2,1-2H3,(H,39,45). The van der Waals surface area contributed by atoms with Crippen LogP contribution in [0.25, 0.3) is 27.7 Å². The summed E-state index contributed by atoms with van der Waals surface area (Å²) in [6.45, 7) is 4.58. The van der Waals surface area contributed by atoms with Gasteiger partial charge in [-0.15, -0.1) is 13.2 Å². The Morgan fingerprint density at radius 2 is 1.79 bits per heavy atom. The molecule has 6 rings (SSSR count). The van der Waals surface area contributed by atoms with Gasteiger partial charge in [0.05, 0.1) is 34.4 Å². The third-order valence-corrected chi connectivity index (χ3v) is 8.38. The highest BCUT2D eigenvalue weighted by Crippen LogP contribution is 2.44. The topological polar surface area (TPSA) is 119 Å². The fourth-order valence-electron chi connectivity index (χ4n) is 5.72. The average Bonchev–Trinajstić information content (AvgIpc) is 3.84. The zero-order valence-corrected chi connectivity index (χ0v) is 25.4. The Morgan fingerprint density at radius 3 is 2.47 bits per heavy atom. The van der Waals surface area contributed by atoms with Gasteiger partial charge in [-0.1, -0.05) is 0 Å². The Bertz CT molecular complexity index is 1920. The summed E-state index contributed by atoms with van der Waals surface area (Å²) >= 11 is 0. The summed E-state index contributed by atoms with van der Waals surface area (Å²) in [5, 5.41) is 2.50. The summed E-state index contributed by atoms with van der Waals surface area (Å²) in [5.74, 6) is -2.54. The number of nitrogens with zero attached hydrogens (tertiary/aromatic N) is 5. The second-order valence-electron chi connectivity index (χ2n) is 11.5. The van der Waals surface area contributed by atoms with E-state index in [-0.39, 0.29) is 45.6 Å². The van der Waals surface area contributed by atoms with Crippen LogP contribution in [0.4, 0.5) is 23.2 Å². The van der Waals surface area contributed by atoms with E-state index in [1.54, 1.807) is 6.92 Å². The molecule has 2 aliphatic rings. The number of benzene rings is 2. The van der Waals surface area contributed by atoms with Crippen molar-refractivity contribution in [3.63, 3.8) is 0 Å². The van der Waals surface area contributed by atoms with E-state index in [1.165, 1.54) is 36.7 Å². The largest absolute Gasteiger partial charge is 0.573 e. The Kier molecular flexibility index (Phi) is 8.44. The molecule has 2 aromatic heterocycles. The number of aromatic nitrogens is 3. The number of esters is 1. The second kappa shape index (κ2) is 12.4. The molecule has 1 aliphatic carbocycles. The smallest absolute Gasteiger partial charge is 0.462 e. The lowest BCUT2D eigenvalue weighted by molar-refractivity contribution is -0.274. The van der Waals surface area contributed by atoms with Crippen LogP contribution >= 0.6 is 0 Å². The Hall–Kier alpha value is -4.89. The Labute approximate surface area is 265 Å². The lowest BCUT2D eigenvalue weighted by atomic mass is 10.0. The number of alkyl halides is 3. The maximum atomic E-state index is 15.4. The van der Waals surface area contributed by atoms with Gasteiger partial charge in [0.25, 0.3) is 5.56 Å². The van der Waals surface area contributed by atoms with Crippen LogP contribution in [0.3, 0.4) is 0 Å².